The Labute approximate surface area is 165 Å². The molecule has 0 aliphatic rings. The van der Waals surface area contributed by atoms with E-state index in [4.69, 9.17) is 0 Å². The molecule has 7 nitrogen and oxygen atoms in total. The molecule has 0 unspecified atom stereocenters. The van der Waals surface area contributed by atoms with Gasteiger partial charge in [0.2, 0.25) is 0 Å². The number of para-hydroxylation sites is 2. The number of rotatable bonds is 5. The van der Waals surface area contributed by atoms with E-state index in [1.807, 2.05) is 54.6 Å². The fourth-order valence-corrected chi connectivity index (χ4v) is 2.99. The van der Waals surface area contributed by atoms with E-state index < -0.39 is 10.8 Å². The molecule has 1 aromatic heterocycles. The Hall–Kier alpha value is -4.26. The summed E-state index contributed by atoms with van der Waals surface area (Å²) in [6.45, 7) is 0. The van der Waals surface area contributed by atoms with E-state index in [1.54, 1.807) is 6.07 Å². The number of nitrogens with one attached hydrogen (secondary N) is 2. The standard InChI is InChI=1S/C22H16N4O3/c27-22(16-7-5-8-17(14-16)26(28)29)23-19-10-3-1-6-15(19)12-13-21-18-9-2-4-11-20(18)24-25-21/h1-14H,(H,23,27)(H,24,25)/b13-12+. The first-order chi connectivity index (χ1) is 14.1. The first-order valence-electron chi connectivity index (χ1n) is 8.88. The summed E-state index contributed by atoms with van der Waals surface area (Å²) in [4.78, 5) is 23.0. The number of benzene rings is 3. The van der Waals surface area contributed by atoms with Gasteiger partial charge < -0.3 is 5.32 Å². The van der Waals surface area contributed by atoms with Crippen molar-refractivity contribution in [3.63, 3.8) is 0 Å². The van der Waals surface area contributed by atoms with Crippen LogP contribution in [0.4, 0.5) is 11.4 Å². The van der Waals surface area contributed by atoms with Crippen LogP contribution in [0.15, 0.2) is 72.8 Å². The lowest BCUT2D eigenvalue weighted by molar-refractivity contribution is -0.384. The Morgan fingerprint density at radius 1 is 1.00 bits per heavy atom. The van der Waals surface area contributed by atoms with E-state index in [9.17, 15) is 14.9 Å². The average molecular weight is 384 g/mol. The van der Waals surface area contributed by atoms with E-state index in [0.717, 1.165) is 22.2 Å². The molecule has 0 aliphatic heterocycles. The zero-order chi connectivity index (χ0) is 20.2. The fourth-order valence-electron chi connectivity index (χ4n) is 2.99. The summed E-state index contributed by atoms with van der Waals surface area (Å²) in [7, 11) is 0. The van der Waals surface area contributed by atoms with Gasteiger partial charge in [-0.3, -0.25) is 20.0 Å². The third-order valence-corrected chi connectivity index (χ3v) is 4.45. The van der Waals surface area contributed by atoms with Gasteiger partial charge in [-0.25, -0.2) is 0 Å². The van der Waals surface area contributed by atoms with Crippen molar-refractivity contribution in [2.75, 3.05) is 5.32 Å². The molecule has 1 heterocycles. The first kappa shape index (κ1) is 18.1. The minimum Gasteiger partial charge on any atom is -0.321 e. The quantitative estimate of drug-likeness (QED) is 0.378. The van der Waals surface area contributed by atoms with Crippen LogP contribution in [0, 0.1) is 10.1 Å². The molecule has 142 valence electrons. The maximum atomic E-state index is 12.6. The molecule has 0 bridgehead atoms. The second-order valence-electron chi connectivity index (χ2n) is 6.34. The highest BCUT2D eigenvalue weighted by atomic mass is 16.6. The lowest BCUT2D eigenvalue weighted by Crippen LogP contribution is -2.12. The van der Waals surface area contributed by atoms with Crippen molar-refractivity contribution >= 4 is 40.3 Å². The van der Waals surface area contributed by atoms with E-state index in [0.29, 0.717) is 5.69 Å². The van der Waals surface area contributed by atoms with Gasteiger partial charge in [-0.15, -0.1) is 0 Å². The highest BCUT2D eigenvalue weighted by Gasteiger charge is 2.12. The van der Waals surface area contributed by atoms with E-state index in [1.165, 1.54) is 24.3 Å². The van der Waals surface area contributed by atoms with E-state index in [2.05, 4.69) is 15.5 Å². The number of carbonyl (C=O) groups is 1. The van der Waals surface area contributed by atoms with Crippen molar-refractivity contribution in [1.29, 1.82) is 0 Å². The van der Waals surface area contributed by atoms with Crippen LogP contribution in [0.5, 0.6) is 0 Å². The van der Waals surface area contributed by atoms with Crippen molar-refractivity contribution in [1.82, 2.24) is 10.2 Å². The Bertz CT molecular complexity index is 1240. The van der Waals surface area contributed by atoms with Crippen LogP contribution in [-0.4, -0.2) is 21.0 Å². The lowest BCUT2D eigenvalue weighted by atomic mass is 10.1. The number of anilines is 1. The number of nitro groups is 1. The van der Waals surface area contributed by atoms with Crippen LogP contribution in [-0.2, 0) is 0 Å². The molecule has 0 atom stereocenters. The van der Waals surface area contributed by atoms with Gasteiger partial charge >= 0.3 is 0 Å². The number of aromatic nitrogens is 2. The second kappa shape index (κ2) is 7.77. The third kappa shape index (κ3) is 3.89. The minimum atomic E-state index is -0.526. The highest BCUT2D eigenvalue weighted by Crippen LogP contribution is 2.22. The second-order valence-corrected chi connectivity index (χ2v) is 6.34. The normalized spacial score (nSPS) is 11.0. The summed E-state index contributed by atoms with van der Waals surface area (Å²) in [6.07, 6.45) is 3.74. The van der Waals surface area contributed by atoms with Crippen molar-refractivity contribution < 1.29 is 9.72 Å². The highest BCUT2D eigenvalue weighted by molar-refractivity contribution is 6.06. The number of hydrogen-bond acceptors (Lipinski definition) is 4. The molecule has 0 spiro atoms. The van der Waals surface area contributed by atoms with Gasteiger partial charge in [0.1, 0.15) is 0 Å². The Morgan fingerprint density at radius 3 is 2.66 bits per heavy atom. The lowest BCUT2D eigenvalue weighted by Gasteiger charge is -2.08. The van der Waals surface area contributed by atoms with Crippen LogP contribution in [0.2, 0.25) is 0 Å². The molecular formula is C22H16N4O3. The molecule has 0 radical (unpaired) electrons. The first-order valence-corrected chi connectivity index (χ1v) is 8.88. The molecule has 29 heavy (non-hydrogen) atoms. The largest absolute Gasteiger partial charge is 0.321 e. The number of carbonyl (C=O) groups excluding carboxylic acids is 1. The minimum absolute atomic E-state index is 0.128. The molecular weight excluding hydrogens is 368 g/mol. The fraction of sp³-hybridized carbons (Fsp3) is 0. The Kier molecular flexibility index (Phi) is 4.86. The van der Waals surface area contributed by atoms with E-state index >= 15 is 0 Å². The number of nitrogens with zero attached hydrogens (tertiary/aromatic N) is 2. The zero-order valence-corrected chi connectivity index (χ0v) is 15.2. The summed E-state index contributed by atoms with van der Waals surface area (Å²) >= 11 is 0. The molecule has 0 saturated carbocycles. The number of aromatic amines is 1. The van der Waals surface area contributed by atoms with Crippen molar-refractivity contribution in [3.05, 3.63) is 99.7 Å². The smallest absolute Gasteiger partial charge is 0.270 e. The molecule has 0 saturated heterocycles. The predicted molar refractivity (Wildman–Crippen MR) is 113 cm³/mol. The van der Waals surface area contributed by atoms with Crippen LogP contribution >= 0.6 is 0 Å². The van der Waals surface area contributed by atoms with Gasteiger partial charge in [0.15, 0.2) is 0 Å². The van der Waals surface area contributed by atoms with Crippen LogP contribution in [0.3, 0.4) is 0 Å². The Morgan fingerprint density at radius 2 is 1.79 bits per heavy atom. The number of fused-ring (bicyclic) bond motifs is 1. The summed E-state index contributed by atoms with van der Waals surface area (Å²) in [5, 5.41) is 22.0. The zero-order valence-electron chi connectivity index (χ0n) is 15.2. The van der Waals surface area contributed by atoms with E-state index in [-0.39, 0.29) is 11.3 Å². The van der Waals surface area contributed by atoms with Crippen molar-refractivity contribution in [3.8, 4) is 0 Å². The SMILES string of the molecule is O=C(Nc1ccccc1/C=C/c1n[nH]c2ccccc12)c1cccc([N+](=O)[O-])c1. The number of non-ortho nitro benzene ring substituents is 1. The topological polar surface area (TPSA) is 101 Å². The Balaban J connectivity index is 1.59. The molecule has 0 aliphatic carbocycles. The number of amides is 1. The molecule has 3 aromatic carbocycles. The van der Waals surface area contributed by atoms with Gasteiger partial charge in [0.25, 0.3) is 11.6 Å². The average Bonchev–Trinajstić information content (AvgIpc) is 3.16. The van der Waals surface area contributed by atoms with Gasteiger partial charge in [-0.2, -0.15) is 5.10 Å². The van der Waals surface area contributed by atoms with Gasteiger partial charge in [-0.05, 0) is 29.8 Å². The number of H-pyrrole nitrogens is 1. The predicted octanol–water partition coefficient (Wildman–Crippen LogP) is 4.89. The van der Waals surface area contributed by atoms with Crippen LogP contribution in [0.25, 0.3) is 23.1 Å². The van der Waals surface area contributed by atoms with Gasteiger partial charge in [0, 0.05) is 28.8 Å². The summed E-state index contributed by atoms with van der Waals surface area (Å²) < 4.78 is 0. The van der Waals surface area contributed by atoms with Crippen molar-refractivity contribution in [2.24, 2.45) is 0 Å². The maximum Gasteiger partial charge on any atom is 0.270 e. The summed E-state index contributed by atoms with van der Waals surface area (Å²) in [5.74, 6) is -0.417. The molecule has 1 amide bonds. The summed E-state index contributed by atoms with van der Waals surface area (Å²) in [5.41, 5.74) is 3.21. The maximum absolute atomic E-state index is 12.6. The van der Waals surface area contributed by atoms with Gasteiger partial charge in [-0.1, -0.05) is 48.5 Å². The molecule has 7 heteroatoms. The molecule has 0 fully saturated rings. The van der Waals surface area contributed by atoms with Crippen molar-refractivity contribution in [2.45, 2.75) is 0 Å². The number of hydrogen-bond donors (Lipinski definition) is 2. The van der Waals surface area contributed by atoms with Crippen LogP contribution < -0.4 is 5.32 Å². The molecule has 2 N–H and O–H groups in total. The van der Waals surface area contributed by atoms with Crippen LogP contribution in [0.1, 0.15) is 21.6 Å². The molecule has 4 rings (SSSR count). The molecule has 4 aromatic rings. The third-order valence-electron chi connectivity index (χ3n) is 4.45. The monoisotopic (exact) mass is 384 g/mol. The summed E-state index contributed by atoms with van der Waals surface area (Å²) in [6, 6.07) is 20.8. The number of nitro benzene ring substituents is 1. The van der Waals surface area contributed by atoms with Gasteiger partial charge in [0.05, 0.1) is 16.1 Å².